The zero-order valence-corrected chi connectivity index (χ0v) is 8.53. The molecule has 0 aliphatic carbocycles. The molecule has 0 aromatic rings. The molecular weight excluding hydrogens is 178 g/mol. The third-order valence-electron chi connectivity index (χ3n) is 2.69. The Labute approximate surface area is 84.8 Å². The number of carbonyl (C=O) groups excluding carboxylic acids is 1. The van der Waals surface area contributed by atoms with E-state index in [2.05, 4.69) is 23.2 Å². The van der Waals surface area contributed by atoms with Crippen LogP contribution in [0.5, 0.6) is 0 Å². The maximum atomic E-state index is 11.3. The Morgan fingerprint density at radius 1 is 1.43 bits per heavy atom. The number of hydrogen-bond donors (Lipinski definition) is 1. The molecule has 0 aromatic carbocycles. The minimum absolute atomic E-state index is 0.130. The number of piperidine rings is 1. The molecule has 3 nitrogen and oxygen atoms in total. The van der Waals surface area contributed by atoms with E-state index in [0.717, 1.165) is 12.8 Å². The van der Waals surface area contributed by atoms with Gasteiger partial charge in [0, 0.05) is 6.04 Å². The highest BCUT2D eigenvalue weighted by atomic mass is 16.5. The van der Waals surface area contributed by atoms with Crippen molar-refractivity contribution in [3.8, 4) is 0 Å². The van der Waals surface area contributed by atoms with Gasteiger partial charge >= 0.3 is 5.97 Å². The molecule has 0 unspecified atom stereocenters. The second kappa shape index (κ2) is 4.96. The van der Waals surface area contributed by atoms with Gasteiger partial charge in [0.15, 0.2) is 0 Å². The molecule has 1 aliphatic rings. The molecule has 1 fully saturated rings. The Kier molecular flexibility index (Phi) is 3.89. The van der Waals surface area contributed by atoms with Crippen molar-refractivity contribution in [1.29, 1.82) is 0 Å². The molecule has 1 rings (SSSR count). The molecule has 0 saturated carbocycles. The Morgan fingerprint density at radius 2 is 2.14 bits per heavy atom. The van der Waals surface area contributed by atoms with E-state index in [4.69, 9.17) is 0 Å². The summed E-state index contributed by atoms with van der Waals surface area (Å²) in [6, 6.07) is -0.0652. The monoisotopic (exact) mass is 195 g/mol. The SMILES string of the molecule is C=C[C@@H]1CC[C@@H](C(=O)OC)N[C@H]1C=C. The Bertz CT molecular complexity index is 237. The Morgan fingerprint density at radius 3 is 2.64 bits per heavy atom. The normalized spacial score (nSPS) is 31.9. The van der Waals surface area contributed by atoms with Crippen LogP contribution in [0.2, 0.25) is 0 Å². The van der Waals surface area contributed by atoms with Crippen LogP contribution in [0.15, 0.2) is 25.3 Å². The minimum Gasteiger partial charge on any atom is -0.468 e. The van der Waals surface area contributed by atoms with Crippen molar-refractivity contribution in [3.05, 3.63) is 25.3 Å². The van der Waals surface area contributed by atoms with Crippen LogP contribution in [0.25, 0.3) is 0 Å². The van der Waals surface area contributed by atoms with Gasteiger partial charge in [-0.25, -0.2) is 0 Å². The molecule has 14 heavy (non-hydrogen) atoms. The van der Waals surface area contributed by atoms with Crippen molar-refractivity contribution in [2.45, 2.75) is 24.9 Å². The highest BCUT2D eigenvalue weighted by Gasteiger charge is 2.30. The molecule has 0 radical (unpaired) electrons. The molecule has 3 atom stereocenters. The smallest absolute Gasteiger partial charge is 0.322 e. The summed E-state index contributed by atoms with van der Waals surface area (Å²) < 4.78 is 4.69. The van der Waals surface area contributed by atoms with E-state index in [-0.39, 0.29) is 18.1 Å². The lowest BCUT2D eigenvalue weighted by atomic mass is 9.87. The fourth-order valence-corrected chi connectivity index (χ4v) is 1.81. The first-order valence-corrected chi connectivity index (χ1v) is 4.82. The molecule has 0 spiro atoms. The van der Waals surface area contributed by atoms with Crippen molar-refractivity contribution in [3.63, 3.8) is 0 Å². The van der Waals surface area contributed by atoms with Crippen molar-refractivity contribution < 1.29 is 9.53 Å². The average Bonchev–Trinajstić information content (AvgIpc) is 2.26. The van der Waals surface area contributed by atoms with Gasteiger partial charge in [-0.15, -0.1) is 13.2 Å². The van der Waals surface area contributed by atoms with Gasteiger partial charge in [0.1, 0.15) is 6.04 Å². The summed E-state index contributed by atoms with van der Waals surface area (Å²) in [6.45, 7) is 7.51. The molecule has 0 bridgehead atoms. The number of rotatable bonds is 3. The lowest BCUT2D eigenvalue weighted by Gasteiger charge is -2.32. The molecule has 3 heteroatoms. The third-order valence-corrected chi connectivity index (χ3v) is 2.69. The van der Waals surface area contributed by atoms with Gasteiger partial charge in [0.05, 0.1) is 7.11 Å². The zero-order chi connectivity index (χ0) is 10.6. The molecule has 0 amide bonds. The number of carbonyl (C=O) groups is 1. The minimum atomic E-state index is -0.195. The first kappa shape index (κ1) is 11.0. The summed E-state index contributed by atoms with van der Waals surface area (Å²) in [4.78, 5) is 11.3. The van der Waals surface area contributed by atoms with E-state index < -0.39 is 0 Å². The number of hydrogen-bond acceptors (Lipinski definition) is 3. The van der Waals surface area contributed by atoms with Crippen LogP contribution in [0, 0.1) is 5.92 Å². The second-order valence-electron chi connectivity index (χ2n) is 3.48. The summed E-state index contributed by atoms with van der Waals surface area (Å²) in [5.41, 5.74) is 0. The Hall–Kier alpha value is -1.09. The molecule has 0 aromatic heterocycles. The summed E-state index contributed by atoms with van der Waals surface area (Å²) in [6.07, 6.45) is 5.48. The van der Waals surface area contributed by atoms with Crippen LogP contribution in [-0.4, -0.2) is 25.2 Å². The van der Waals surface area contributed by atoms with Gasteiger partial charge < -0.3 is 4.74 Å². The summed E-state index contributed by atoms with van der Waals surface area (Å²) >= 11 is 0. The zero-order valence-electron chi connectivity index (χ0n) is 8.53. The third kappa shape index (κ3) is 2.23. The summed E-state index contributed by atoms with van der Waals surface area (Å²) in [5, 5.41) is 3.19. The van der Waals surface area contributed by atoms with E-state index in [1.165, 1.54) is 7.11 Å². The molecule has 1 N–H and O–H groups in total. The summed E-state index contributed by atoms with van der Waals surface area (Å²) in [5.74, 6) is 0.174. The number of esters is 1. The van der Waals surface area contributed by atoms with Crippen LogP contribution in [-0.2, 0) is 9.53 Å². The van der Waals surface area contributed by atoms with E-state index in [0.29, 0.717) is 5.92 Å². The van der Waals surface area contributed by atoms with Gasteiger partial charge in [-0.05, 0) is 18.8 Å². The fourth-order valence-electron chi connectivity index (χ4n) is 1.81. The topological polar surface area (TPSA) is 38.3 Å². The van der Waals surface area contributed by atoms with E-state index in [9.17, 15) is 4.79 Å². The van der Waals surface area contributed by atoms with Crippen LogP contribution in [0.4, 0.5) is 0 Å². The number of nitrogens with one attached hydrogen (secondary N) is 1. The van der Waals surface area contributed by atoms with Crippen molar-refractivity contribution >= 4 is 5.97 Å². The molecule has 78 valence electrons. The van der Waals surface area contributed by atoms with Crippen LogP contribution in [0.1, 0.15) is 12.8 Å². The predicted octanol–water partition coefficient (Wildman–Crippen LogP) is 1.27. The standard InChI is InChI=1S/C11H17NO2/c1-4-8-6-7-10(11(13)14-3)12-9(8)5-2/h4-5,8-10,12H,1-2,6-7H2,3H3/t8-,9+,10+/m1/s1. The fraction of sp³-hybridized carbons (Fsp3) is 0.545. The predicted molar refractivity (Wildman–Crippen MR) is 55.8 cm³/mol. The number of ether oxygens (including phenoxy) is 1. The first-order chi connectivity index (χ1) is 6.72. The van der Waals surface area contributed by atoms with Crippen LogP contribution < -0.4 is 5.32 Å². The van der Waals surface area contributed by atoms with Crippen molar-refractivity contribution in [2.75, 3.05) is 7.11 Å². The first-order valence-electron chi connectivity index (χ1n) is 4.82. The maximum absolute atomic E-state index is 11.3. The van der Waals surface area contributed by atoms with Crippen LogP contribution in [0.3, 0.4) is 0 Å². The highest BCUT2D eigenvalue weighted by Crippen LogP contribution is 2.21. The Balaban J connectivity index is 2.60. The van der Waals surface area contributed by atoms with Crippen molar-refractivity contribution in [1.82, 2.24) is 5.32 Å². The van der Waals surface area contributed by atoms with E-state index in [1.54, 1.807) is 0 Å². The van der Waals surface area contributed by atoms with Gasteiger partial charge in [0.2, 0.25) is 0 Å². The lowest BCUT2D eigenvalue weighted by Crippen LogP contribution is -2.50. The largest absolute Gasteiger partial charge is 0.468 e. The maximum Gasteiger partial charge on any atom is 0.322 e. The highest BCUT2D eigenvalue weighted by molar-refractivity contribution is 5.75. The van der Waals surface area contributed by atoms with Gasteiger partial charge in [-0.1, -0.05) is 12.2 Å². The van der Waals surface area contributed by atoms with Crippen LogP contribution >= 0.6 is 0 Å². The van der Waals surface area contributed by atoms with Gasteiger partial charge in [-0.3, -0.25) is 10.1 Å². The lowest BCUT2D eigenvalue weighted by molar-refractivity contribution is -0.144. The van der Waals surface area contributed by atoms with Crippen molar-refractivity contribution in [2.24, 2.45) is 5.92 Å². The number of methoxy groups -OCH3 is 1. The summed E-state index contributed by atoms with van der Waals surface area (Å²) in [7, 11) is 1.41. The van der Waals surface area contributed by atoms with Gasteiger partial charge in [-0.2, -0.15) is 0 Å². The second-order valence-corrected chi connectivity index (χ2v) is 3.48. The average molecular weight is 195 g/mol. The van der Waals surface area contributed by atoms with E-state index >= 15 is 0 Å². The molecule has 1 heterocycles. The van der Waals surface area contributed by atoms with E-state index in [1.807, 2.05) is 12.2 Å². The molecule has 1 saturated heterocycles. The quantitative estimate of drug-likeness (QED) is 0.544. The molecule has 1 aliphatic heterocycles. The molecular formula is C11H17NO2. The van der Waals surface area contributed by atoms with Gasteiger partial charge in [0.25, 0.3) is 0 Å².